The summed E-state index contributed by atoms with van der Waals surface area (Å²) in [6, 6.07) is -0.379. The van der Waals surface area contributed by atoms with E-state index in [4.69, 9.17) is 5.11 Å². The van der Waals surface area contributed by atoms with Gasteiger partial charge in [-0.15, -0.1) is 0 Å². The van der Waals surface area contributed by atoms with Crippen LogP contribution in [0.1, 0.15) is 20.3 Å². The number of carboxylic acid groups (broad SMARTS) is 1. The molecular weight excluding hydrogens is 196 g/mol. The fraction of sp³-hybridized carbons (Fsp3) is 0.667. The van der Waals surface area contributed by atoms with Crippen LogP contribution in [0.4, 0.5) is 0 Å². The molecule has 1 aromatic heterocycles. The van der Waals surface area contributed by atoms with Crippen LogP contribution in [0.5, 0.6) is 0 Å². The van der Waals surface area contributed by atoms with Crippen LogP contribution in [0.25, 0.3) is 0 Å². The second-order valence-electron chi connectivity index (χ2n) is 3.66. The molecule has 0 aromatic carbocycles. The number of rotatable bonds is 6. The molecule has 6 nitrogen and oxygen atoms in total. The topological polar surface area (TPSA) is 80.0 Å². The van der Waals surface area contributed by atoms with Gasteiger partial charge in [0.2, 0.25) is 0 Å². The van der Waals surface area contributed by atoms with Crippen LogP contribution in [0.2, 0.25) is 0 Å². The molecule has 0 fully saturated rings. The number of aryl methyl sites for hydroxylation is 1. The molecule has 1 rings (SSSR count). The van der Waals surface area contributed by atoms with Crippen molar-refractivity contribution in [2.45, 2.75) is 38.9 Å². The van der Waals surface area contributed by atoms with Gasteiger partial charge in [0.1, 0.15) is 18.7 Å². The van der Waals surface area contributed by atoms with Crippen LogP contribution in [-0.2, 0) is 11.3 Å². The predicted molar refractivity (Wildman–Crippen MR) is 54.3 cm³/mol. The van der Waals surface area contributed by atoms with Gasteiger partial charge in [0, 0.05) is 12.6 Å². The fourth-order valence-electron chi connectivity index (χ4n) is 1.29. The Morgan fingerprint density at radius 1 is 1.60 bits per heavy atom. The van der Waals surface area contributed by atoms with Gasteiger partial charge in [0.25, 0.3) is 0 Å². The van der Waals surface area contributed by atoms with E-state index in [1.807, 2.05) is 13.8 Å². The fourth-order valence-corrected chi connectivity index (χ4v) is 1.29. The molecule has 0 radical (unpaired) electrons. The summed E-state index contributed by atoms with van der Waals surface area (Å²) in [6.07, 6.45) is 3.51. The Bertz CT molecular complexity index is 297. The van der Waals surface area contributed by atoms with Gasteiger partial charge in [0.05, 0.1) is 0 Å². The lowest BCUT2D eigenvalue weighted by molar-refractivity contribution is -0.139. The highest BCUT2D eigenvalue weighted by Crippen LogP contribution is 1.97. The number of nitrogens with one attached hydrogen (secondary N) is 1. The molecule has 0 aliphatic heterocycles. The first kappa shape index (κ1) is 11.6. The van der Waals surface area contributed by atoms with Crippen molar-refractivity contribution in [2.75, 3.05) is 0 Å². The molecule has 1 unspecified atom stereocenters. The molecule has 0 bridgehead atoms. The normalized spacial score (nSPS) is 13.0. The average molecular weight is 212 g/mol. The van der Waals surface area contributed by atoms with Crippen LogP contribution in [0, 0.1) is 0 Å². The minimum absolute atomic E-state index is 0.154. The van der Waals surface area contributed by atoms with Gasteiger partial charge >= 0.3 is 5.97 Å². The molecule has 2 N–H and O–H groups in total. The van der Waals surface area contributed by atoms with Crippen molar-refractivity contribution in [1.82, 2.24) is 20.1 Å². The molecule has 15 heavy (non-hydrogen) atoms. The highest BCUT2D eigenvalue weighted by atomic mass is 16.4. The van der Waals surface area contributed by atoms with Crippen molar-refractivity contribution in [3.05, 3.63) is 12.7 Å². The molecule has 1 heterocycles. The summed E-state index contributed by atoms with van der Waals surface area (Å²) < 4.78 is 1.62. The minimum atomic E-state index is -0.830. The maximum atomic E-state index is 10.9. The van der Waals surface area contributed by atoms with Crippen molar-refractivity contribution in [1.29, 1.82) is 0 Å². The van der Waals surface area contributed by atoms with Gasteiger partial charge in [-0.2, -0.15) is 5.10 Å². The van der Waals surface area contributed by atoms with Crippen molar-refractivity contribution < 1.29 is 9.90 Å². The maximum absolute atomic E-state index is 10.9. The lowest BCUT2D eigenvalue weighted by Crippen LogP contribution is -2.41. The van der Waals surface area contributed by atoms with E-state index in [0.29, 0.717) is 13.0 Å². The Morgan fingerprint density at radius 3 is 2.80 bits per heavy atom. The average Bonchev–Trinajstić information content (AvgIpc) is 2.63. The minimum Gasteiger partial charge on any atom is -0.480 e. The zero-order chi connectivity index (χ0) is 11.3. The second kappa shape index (κ2) is 5.45. The van der Waals surface area contributed by atoms with Gasteiger partial charge in [-0.25, -0.2) is 4.98 Å². The van der Waals surface area contributed by atoms with E-state index >= 15 is 0 Å². The van der Waals surface area contributed by atoms with Gasteiger partial charge in [-0.1, -0.05) is 13.8 Å². The van der Waals surface area contributed by atoms with Crippen molar-refractivity contribution >= 4 is 5.97 Å². The van der Waals surface area contributed by atoms with Crippen LogP contribution in [-0.4, -0.2) is 37.9 Å². The summed E-state index contributed by atoms with van der Waals surface area (Å²) in [5.41, 5.74) is 0. The van der Waals surface area contributed by atoms with Gasteiger partial charge in [-0.05, 0) is 6.42 Å². The van der Waals surface area contributed by atoms with E-state index in [1.54, 1.807) is 11.0 Å². The predicted octanol–water partition coefficient (Wildman–Crippen LogP) is 0.119. The molecule has 0 saturated heterocycles. The zero-order valence-electron chi connectivity index (χ0n) is 8.92. The van der Waals surface area contributed by atoms with Crippen LogP contribution in [0.15, 0.2) is 12.7 Å². The monoisotopic (exact) mass is 212 g/mol. The Morgan fingerprint density at radius 2 is 2.33 bits per heavy atom. The number of hydrogen-bond donors (Lipinski definition) is 2. The molecule has 6 heteroatoms. The molecule has 0 amide bonds. The highest BCUT2D eigenvalue weighted by Gasteiger charge is 2.17. The molecule has 0 aliphatic carbocycles. The van der Waals surface area contributed by atoms with Gasteiger partial charge < -0.3 is 10.4 Å². The maximum Gasteiger partial charge on any atom is 0.320 e. The largest absolute Gasteiger partial charge is 0.480 e. The summed E-state index contributed by atoms with van der Waals surface area (Å²) >= 11 is 0. The van der Waals surface area contributed by atoms with E-state index in [2.05, 4.69) is 15.4 Å². The first-order valence-corrected chi connectivity index (χ1v) is 4.91. The van der Waals surface area contributed by atoms with E-state index in [-0.39, 0.29) is 6.04 Å². The lowest BCUT2D eigenvalue weighted by atomic mass is 10.2. The summed E-state index contributed by atoms with van der Waals surface area (Å²) in [7, 11) is 0. The van der Waals surface area contributed by atoms with Crippen molar-refractivity contribution in [2.24, 2.45) is 0 Å². The summed E-state index contributed by atoms with van der Waals surface area (Å²) in [4.78, 5) is 14.7. The molecule has 0 spiro atoms. The summed E-state index contributed by atoms with van der Waals surface area (Å²) in [5.74, 6) is -0.830. The molecule has 0 aliphatic rings. The Labute approximate surface area is 88.3 Å². The zero-order valence-corrected chi connectivity index (χ0v) is 8.92. The smallest absolute Gasteiger partial charge is 0.320 e. The van der Waals surface area contributed by atoms with Crippen molar-refractivity contribution in [3.63, 3.8) is 0 Å². The van der Waals surface area contributed by atoms with Crippen LogP contribution < -0.4 is 5.32 Å². The molecule has 84 valence electrons. The standard InChI is InChI=1S/C9H16N4O2/c1-7(2)12-8(9(14)15)3-4-13-6-10-5-11-13/h5-8,12H,3-4H2,1-2H3,(H,14,15). The van der Waals surface area contributed by atoms with E-state index in [0.717, 1.165) is 0 Å². The summed E-state index contributed by atoms with van der Waals surface area (Å²) in [6.45, 7) is 4.40. The first-order valence-electron chi connectivity index (χ1n) is 4.91. The quantitative estimate of drug-likeness (QED) is 0.700. The Hall–Kier alpha value is -1.43. The lowest BCUT2D eigenvalue weighted by Gasteiger charge is -2.16. The Balaban J connectivity index is 2.41. The Kier molecular flexibility index (Phi) is 4.23. The third-order valence-corrected chi connectivity index (χ3v) is 1.95. The van der Waals surface area contributed by atoms with E-state index in [1.165, 1.54) is 6.33 Å². The third kappa shape index (κ3) is 4.07. The highest BCUT2D eigenvalue weighted by molar-refractivity contribution is 5.73. The van der Waals surface area contributed by atoms with Gasteiger partial charge in [0.15, 0.2) is 0 Å². The third-order valence-electron chi connectivity index (χ3n) is 1.95. The number of carboxylic acids is 1. The summed E-state index contributed by atoms with van der Waals surface area (Å²) in [5, 5.41) is 15.8. The number of carbonyl (C=O) groups is 1. The molecule has 0 saturated carbocycles. The van der Waals surface area contributed by atoms with Gasteiger partial charge in [-0.3, -0.25) is 9.48 Å². The van der Waals surface area contributed by atoms with Crippen LogP contribution in [0.3, 0.4) is 0 Å². The SMILES string of the molecule is CC(C)NC(CCn1cncn1)C(=O)O. The first-order chi connectivity index (χ1) is 7.09. The van der Waals surface area contributed by atoms with E-state index in [9.17, 15) is 4.79 Å². The number of hydrogen-bond acceptors (Lipinski definition) is 4. The molecule has 1 aromatic rings. The number of aromatic nitrogens is 3. The molecule has 1 atom stereocenters. The van der Waals surface area contributed by atoms with Crippen LogP contribution >= 0.6 is 0 Å². The second-order valence-corrected chi connectivity index (χ2v) is 3.66. The number of aliphatic carboxylic acids is 1. The van der Waals surface area contributed by atoms with E-state index < -0.39 is 12.0 Å². The molecular formula is C9H16N4O2. The van der Waals surface area contributed by atoms with Crippen molar-refractivity contribution in [3.8, 4) is 0 Å². The number of nitrogens with zero attached hydrogens (tertiary/aromatic N) is 3.